The van der Waals surface area contributed by atoms with Crippen molar-refractivity contribution in [3.63, 3.8) is 0 Å². The first-order valence-corrected chi connectivity index (χ1v) is 6.99. The molecule has 0 aliphatic carbocycles. The quantitative estimate of drug-likeness (QED) is 0.828. The summed E-state index contributed by atoms with van der Waals surface area (Å²) in [5.74, 6) is 0.688. The summed E-state index contributed by atoms with van der Waals surface area (Å²) >= 11 is 1.54. The normalized spacial score (nSPS) is 10.3. The molecule has 0 bridgehead atoms. The molecular formula is C14H17N3O2S. The highest BCUT2D eigenvalue weighted by molar-refractivity contribution is 7.22. The summed E-state index contributed by atoms with van der Waals surface area (Å²) in [6.45, 7) is 4.30. The highest BCUT2D eigenvalue weighted by Crippen LogP contribution is 2.33. The number of fused-ring (bicyclic) bond motifs is 1. The number of amides is 1. The van der Waals surface area contributed by atoms with Crippen LogP contribution in [-0.4, -0.2) is 38.1 Å². The van der Waals surface area contributed by atoms with Crippen LogP contribution in [0.3, 0.4) is 0 Å². The summed E-state index contributed by atoms with van der Waals surface area (Å²) in [6.07, 6.45) is 1.65. The maximum absolute atomic E-state index is 11.7. The lowest BCUT2D eigenvalue weighted by molar-refractivity contribution is -0.119. The van der Waals surface area contributed by atoms with Crippen molar-refractivity contribution in [2.75, 3.05) is 32.1 Å². The molecule has 2 rings (SSSR count). The zero-order chi connectivity index (χ0) is 14.5. The number of carbonyl (C=O) groups is 1. The van der Waals surface area contributed by atoms with Crippen LogP contribution in [0.2, 0.25) is 0 Å². The van der Waals surface area contributed by atoms with E-state index < -0.39 is 0 Å². The molecule has 0 atom stereocenters. The van der Waals surface area contributed by atoms with E-state index in [0.29, 0.717) is 6.54 Å². The van der Waals surface area contributed by atoms with Gasteiger partial charge in [0, 0.05) is 13.6 Å². The third-order valence-electron chi connectivity index (χ3n) is 2.74. The van der Waals surface area contributed by atoms with Crippen molar-refractivity contribution in [3.05, 3.63) is 30.9 Å². The fourth-order valence-corrected chi connectivity index (χ4v) is 2.71. The first kappa shape index (κ1) is 14.3. The van der Waals surface area contributed by atoms with Crippen LogP contribution in [0.25, 0.3) is 10.2 Å². The van der Waals surface area contributed by atoms with E-state index in [1.54, 1.807) is 13.2 Å². The van der Waals surface area contributed by atoms with E-state index in [-0.39, 0.29) is 12.5 Å². The monoisotopic (exact) mass is 291 g/mol. The number of thiazole rings is 1. The molecule has 0 saturated heterocycles. The summed E-state index contributed by atoms with van der Waals surface area (Å²) in [5.41, 5.74) is 0.827. The van der Waals surface area contributed by atoms with Gasteiger partial charge in [0.1, 0.15) is 11.3 Å². The number of likely N-dealkylation sites (N-methyl/N-ethyl adjacent to an activating group) is 1. The molecule has 6 heteroatoms. The molecule has 0 radical (unpaired) electrons. The van der Waals surface area contributed by atoms with Crippen molar-refractivity contribution >= 4 is 32.6 Å². The highest BCUT2D eigenvalue weighted by Gasteiger charge is 2.13. The number of nitrogens with one attached hydrogen (secondary N) is 1. The van der Waals surface area contributed by atoms with Crippen LogP contribution >= 0.6 is 11.3 Å². The molecule has 1 aromatic heterocycles. The van der Waals surface area contributed by atoms with Gasteiger partial charge >= 0.3 is 0 Å². The third kappa shape index (κ3) is 3.08. The Labute approximate surface area is 121 Å². The fourth-order valence-electron chi connectivity index (χ4n) is 1.76. The minimum atomic E-state index is -0.0568. The minimum Gasteiger partial charge on any atom is -0.494 e. The van der Waals surface area contributed by atoms with Gasteiger partial charge < -0.3 is 15.0 Å². The number of benzene rings is 1. The predicted molar refractivity (Wildman–Crippen MR) is 82.6 cm³/mol. The summed E-state index contributed by atoms with van der Waals surface area (Å²) in [5, 5.41) is 3.53. The molecule has 1 heterocycles. The Morgan fingerprint density at radius 2 is 2.40 bits per heavy atom. The van der Waals surface area contributed by atoms with E-state index in [9.17, 15) is 4.79 Å². The molecule has 0 unspecified atom stereocenters. The second-order valence-electron chi connectivity index (χ2n) is 4.25. The summed E-state index contributed by atoms with van der Waals surface area (Å²) in [7, 11) is 3.47. The molecule has 106 valence electrons. The van der Waals surface area contributed by atoms with Gasteiger partial charge in [0.15, 0.2) is 5.13 Å². The van der Waals surface area contributed by atoms with Gasteiger partial charge in [-0.2, -0.15) is 0 Å². The first-order chi connectivity index (χ1) is 9.65. The molecule has 20 heavy (non-hydrogen) atoms. The van der Waals surface area contributed by atoms with E-state index in [1.165, 1.54) is 11.3 Å². The zero-order valence-corrected chi connectivity index (χ0v) is 12.4. The Bertz CT molecular complexity index is 624. The van der Waals surface area contributed by atoms with Crippen molar-refractivity contribution in [2.24, 2.45) is 0 Å². The molecule has 0 fully saturated rings. The standard InChI is InChI=1S/C14H17N3O2S/c1-4-8-15-12(18)9-17(2)14-16-13-10(19-3)6-5-7-11(13)20-14/h4-7H,1,8-9H2,2-3H3,(H,15,18). The molecule has 1 aromatic carbocycles. The molecule has 0 spiro atoms. The fraction of sp³-hybridized carbons (Fsp3) is 0.286. The Morgan fingerprint density at radius 3 is 3.10 bits per heavy atom. The zero-order valence-electron chi connectivity index (χ0n) is 11.5. The lowest BCUT2D eigenvalue weighted by Crippen LogP contribution is -2.35. The SMILES string of the molecule is C=CCNC(=O)CN(C)c1nc2c(OC)cccc2s1. The predicted octanol–water partition coefficient (Wildman–Crippen LogP) is 2.04. The van der Waals surface area contributed by atoms with Gasteiger partial charge in [-0.1, -0.05) is 23.5 Å². The summed E-state index contributed by atoms with van der Waals surface area (Å²) < 4.78 is 6.33. The number of para-hydroxylation sites is 1. The van der Waals surface area contributed by atoms with E-state index in [0.717, 1.165) is 21.1 Å². The number of carbonyl (C=O) groups excluding carboxylic acids is 1. The van der Waals surface area contributed by atoms with Crippen molar-refractivity contribution < 1.29 is 9.53 Å². The molecule has 0 saturated carbocycles. The number of anilines is 1. The van der Waals surface area contributed by atoms with Gasteiger partial charge in [-0.3, -0.25) is 4.79 Å². The first-order valence-electron chi connectivity index (χ1n) is 6.18. The largest absolute Gasteiger partial charge is 0.494 e. The van der Waals surface area contributed by atoms with Gasteiger partial charge in [-0.05, 0) is 12.1 Å². The average molecular weight is 291 g/mol. The van der Waals surface area contributed by atoms with Crippen molar-refractivity contribution in [1.82, 2.24) is 10.3 Å². The van der Waals surface area contributed by atoms with Crippen molar-refractivity contribution in [3.8, 4) is 5.75 Å². The Morgan fingerprint density at radius 1 is 1.60 bits per heavy atom. The lowest BCUT2D eigenvalue weighted by atomic mass is 10.3. The molecule has 1 N–H and O–H groups in total. The number of methoxy groups -OCH3 is 1. The Balaban J connectivity index is 2.16. The molecular weight excluding hydrogens is 274 g/mol. The lowest BCUT2D eigenvalue weighted by Gasteiger charge is -2.14. The molecule has 0 aliphatic rings. The van der Waals surface area contributed by atoms with Crippen LogP contribution < -0.4 is 15.0 Å². The van der Waals surface area contributed by atoms with Gasteiger partial charge in [0.05, 0.1) is 18.4 Å². The van der Waals surface area contributed by atoms with Gasteiger partial charge in [-0.15, -0.1) is 6.58 Å². The second kappa shape index (κ2) is 6.38. The number of hydrogen-bond donors (Lipinski definition) is 1. The van der Waals surface area contributed by atoms with E-state index in [4.69, 9.17) is 4.74 Å². The number of nitrogens with zero attached hydrogens (tertiary/aromatic N) is 2. The highest BCUT2D eigenvalue weighted by atomic mass is 32.1. The maximum atomic E-state index is 11.7. The number of ether oxygens (including phenoxy) is 1. The second-order valence-corrected chi connectivity index (χ2v) is 5.26. The smallest absolute Gasteiger partial charge is 0.239 e. The van der Waals surface area contributed by atoms with E-state index >= 15 is 0 Å². The number of hydrogen-bond acceptors (Lipinski definition) is 5. The number of rotatable bonds is 6. The molecule has 2 aromatic rings. The van der Waals surface area contributed by atoms with Crippen LogP contribution in [0.1, 0.15) is 0 Å². The van der Waals surface area contributed by atoms with Gasteiger partial charge in [0.2, 0.25) is 5.91 Å². The van der Waals surface area contributed by atoms with E-state index in [1.807, 2.05) is 30.1 Å². The Hall–Kier alpha value is -2.08. The third-order valence-corrected chi connectivity index (χ3v) is 3.88. The van der Waals surface area contributed by atoms with Crippen LogP contribution in [0.5, 0.6) is 5.75 Å². The molecule has 5 nitrogen and oxygen atoms in total. The minimum absolute atomic E-state index is 0.0568. The summed E-state index contributed by atoms with van der Waals surface area (Å²) in [4.78, 5) is 18.0. The van der Waals surface area contributed by atoms with Crippen LogP contribution in [0, 0.1) is 0 Å². The summed E-state index contributed by atoms with van der Waals surface area (Å²) in [6, 6.07) is 5.80. The topological polar surface area (TPSA) is 54.5 Å². The Kier molecular flexibility index (Phi) is 4.57. The van der Waals surface area contributed by atoms with Crippen LogP contribution in [-0.2, 0) is 4.79 Å². The maximum Gasteiger partial charge on any atom is 0.239 e. The van der Waals surface area contributed by atoms with Crippen molar-refractivity contribution in [1.29, 1.82) is 0 Å². The van der Waals surface area contributed by atoms with Gasteiger partial charge in [-0.25, -0.2) is 4.98 Å². The number of aromatic nitrogens is 1. The van der Waals surface area contributed by atoms with Gasteiger partial charge in [0.25, 0.3) is 0 Å². The van der Waals surface area contributed by atoms with E-state index in [2.05, 4.69) is 16.9 Å². The van der Waals surface area contributed by atoms with Crippen LogP contribution in [0.15, 0.2) is 30.9 Å². The molecule has 0 aliphatic heterocycles. The average Bonchev–Trinajstić information content (AvgIpc) is 2.89. The van der Waals surface area contributed by atoms with Crippen molar-refractivity contribution in [2.45, 2.75) is 0 Å². The van der Waals surface area contributed by atoms with Crippen LogP contribution in [0.4, 0.5) is 5.13 Å². The molecule has 1 amide bonds.